The number of nitrogens with zero attached hydrogens (tertiary/aromatic N) is 1. The maximum Gasteiger partial charge on any atom is 0.128 e. The van der Waals surface area contributed by atoms with Crippen molar-refractivity contribution in [1.82, 2.24) is 4.98 Å². The van der Waals surface area contributed by atoms with Crippen molar-refractivity contribution in [3.05, 3.63) is 53.2 Å². The van der Waals surface area contributed by atoms with E-state index in [2.05, 4.69) is 4.98 Å². The summed E-state index contributed by atoms with van der Waals surface area (Å²) in [6.07, 6.45) is 2.45. The Balaban J connectivity index is 2.20. The number of nitrogen functional groups attached to an aromatic ring is 1. The molecular weight excluding hydrogens is 238 g/mol. The van der Waals surface area contributed by atoms with Gasteiger partial charge >= 0.3 is 0 Å². The van der Waals surface area contributed by atoms with Crippen molar-refractivity contribution in [3.8, 4) is 5.75 Å². The summed E-state index contributed by atoms with van der Waals surface area (Å²) in [4.78, 5) is 4.15. The van der Waals surface area contributed by atoms with Crippen LogP contribution >= 0.6 is 0 Å². The van der Waals surface area contributed by atoms with Gasteiger partial charge in [0.25, 0.3) is 0 Å². The lowest BCUT2D eigenvalue weighted by Gasteiger charge is -2.15. The topological polar surface area (TPSA) is 74.2 Å². The number of pyridine rings is 1. The van der Waals surface area contributed by atoms with Gasteiger partial charge in [0.15, 0.2) is 0 Å². The second kappa shape index (κ2) is 5.71. The Bertz CT molecular complexity index is 569. The maximum atomic E-state index is 6.23. The zero-order chi connectivity index (χ0) is 13.8. The van der Waals surface area contributed by atoms with Crippen LogP contribution in [-0.4, -0.2) is 12.1 Å². The fourth-order valence-electron chi connectivity index (χ4n) is 2.06. The molecule has 0 aliphatic rings. The highest BCUT2D eigenvalue weighted by molar-refractivity contribution is 5.43. The van der Waals surface area contributed by atoms with Crippen LogP contribution in [0, 0.1) is 6.92 Å². The van der Waals surface area contributed by atoms with Crippen molar-refractivity contribution >= 4 is 5.82 Å². The number of anilines is 1. The zero-order valence-electron chi connectivity index (χ0n) is 11.3. The van der Waals surface area contributed by atoms with E-state index in [1.54, 1.807) is 13.3 Å². The predicted octanol–water partition coefficient (Wildman–Crippen LogP) is 2.22. The Morgan fingerprint density at radius 3 is 2.84 bits per heavy atom. The van der Waals surface area contributed by atoms with E-state index in [4.69, 9.17) is 16.2 Å². The molecule has 0 amide bonds. The van der Waals surface area contributed by atoms with E-state index in [1.807, 2.05) is 37.3 Å². The van der Waals surface area contributed by atoms with Gasteiger partial charge in [0.1, 0.15) is 11.6 Å². The van der Waals surface area contributed by atoms with Crippen LogP contribution in [0.2, 0.25) is 0 Å². The SMILES string of the molecule is COc1cccc(CC(N)c2cc(C)cnc2N)c1. The highest BCUT2D eigenvalue weighted by Crippen LogP contribution is 2.23. The van der Waals surface area contributed by atoms with Crippen LogP contribution in [0.1, 0.15) is 22.7 Å². The third-order valence-electron chi connectivity index (χ3n) is 3.08. The summed E-state index contributed by atoms with van der Waals surface area (Å²) in [5.41, 5.74) is 15.2. The van der Waals surface area contributed by atoms with Crippen molar-refractivity contribution in [2.75, 3.05) is 12.8 Å². The first kappa shape index (κ1) is 13.4. The molecule has 4 heteroatoms. The molecule has 4 nitrogen and oxygen atoms in total. The van der Waals surface area contributed by atoms with Gasteiger partial charge in [-0.3, -0.25) is 0 Å². The lowest BCUT2D eigenvalue weighted by Crippen LogP contribution is -2.16. The Labute approximate surface area is 113 Å². The van der Waals surface area contributed by atoms with Crippen LogP contribution < -0.4 is 16.2 Å². The van der Waals surface area contributed by atoms with Gasteiger partial charge in [-0.05, 0) is 42.7 Å². The number of ether oxygens (including phenoxy) is 1. The molecule has 100 valence electrons. The van der Waals surface area contributed by atoms with E-state index >= 15 is 0 Å². The first-order valence-electron chi connectivity index (χ1n) is 6.20. The fourth-order valence-corrected chi connectivity index (χ4v) is 2.06. The minimum absolute atomic E-state index is 0.167. The Hall–Kier alpha value is -2.07. The molecular formula is C15H19N3O. The lowest BCUT2D eigenvalue weighted by molar-refractivity contribution is 0.414. The summed E-state index contributed by atoms with van der Waals surface area (Å²) in [5, 5.41) is 0. The number of benzene rings is 1. The van der Waals surface area contributed by atoms with E-state index < -0.39 is 0 Å². The molecule has 1 heterocycles. The summed E-state index contributed by atoms with van der Waals surface area (Å²) < 4.78 is 5.21. The summed E-state index contributed by atoms with van der Waals surface area (Å²) in [6, 6.07) is 9.71. The van der Waals surface area contributed by atoms with Gasteiger partial charge in [0.05, 0.1) is 7.11 Å². The first-order chi connectivity index (χ1) is 9.10. The van der Waals surface area contributed by atoms with Gasteiger partial charge in [-0.15, -0.1) is 0 Å². The smallest absolute Gasteiger partial charge is 0.128 e. The average Bonchev–Trinajstić information content (AvgIpc) is 2.41. The van der Waals surface area contributed by atoms with Gasteiger partial charge in [-0.2, -0.15) is 0 Å². The van der Waals surface area contributed by atoms with Crippen LogP contribution in [-0.2, 0) is 6.42 Å². The third-order valence-corrected chi connectivity index (χ3v) is 3.08. The lowest BCUT2D eigenvalue weighted by atomic mass is 9.99. The van der Waals surface area contributed by atoms with Crippen molar-refractivity contribution in [2.24, 2.45) is 5.73 Å². The van der Waals surface area contributed by atoms with Crippen LogP contribution in [0.3, 0.4) is 0 Å². The van der Waals surface area contributed by atoms with E-state index in [9.17, 15) is 0 Å². The molecule has 0 fully saturated rings. The standard InChI is InChI=1S/C15H19N3O/c1-10-6-13(15(17)18-9-10)14(16)8-11-4-3-5-12(7-11)19-2/h3-7,9,14H,8,16H2,1-2H3,(H2,17,18). The van der Waals surface area contributed by atoms with Crippen LogP contribution in [0.25, 0.3) is 0 Å². The fraction of sp³-hybridized carbons (Fsp3) is 0.267. The van der Waals surface area contributed by atoms with E-state index in [0.717, 1.165) is 22.4 Å². The van der Waals surface area contributed by atoms with E-state index in [1.165, 1.54) is 0 Å². The minimum atomic E-state index is -0.167. The molecule has 0 bridgehead atoms. The third kappa shape index (κ3) is 3.23. The summed E-state index contributed by atoms with van der Waals surface area (Å²) in [6.45, 7) is 1.98. The van der Waals surface area contributed by atoms with Gasteiger partial charge < -0.3 is 16.2 Å². The first-order valence-corrected chi connectivity index (χ1v) is 6.20. The quantitative estimate of drug-likeness (QED) is 0.880. The number of aryl methyl sites for hydroxylation is 1. The molecule has 2 rings (SSSR count). The van der Waals surface area contributed by atoms with E-state index in [-0.39, 0.29) is 6.04 Å². The monoisotopic (exact) mass is 257 g/mol. The number of hydrogen-bond acceptors (Lipinski definition) is 4. The number of rotatable bonds is 4. The number of hydrogen-bond donors (Lipinski definition) is 2. The number of nitrogens with two attached hydrogens (primary N) is 2. The largest absolute Gasteiger partial charge is 0.497 e. The molecule has 0 spiro atoms. The molecule has 1 aromatic carbocycles. The molecule has 0 aliphatic carbocycles. The highest BCUT2D eigenvalue weighted by Gasteiger charge is 2.12. The second-order valence-corrected chi connectivity index (χ2v) is 4.65. The van der Waals surface area contributed by atoms with Crippen molar-refractivity contribution in [1.29, 1.82) is 0 Å². The Morgan fingerprint density at radius 1 is 1.32 bits per heavy atom. The van der Waals surface area contributed by atoms with Crippen molar-refractivity contribution in [3.63, 3.8) is 0 Å². The van der Waals surface area contributed by atoms with E-state index in [0.29, 0.717) is 12.2 Å². The molecule has 0 aliphatic heterocycles. The number of methoxy groups -OCH3 is 1. The zero-order valence-corrected chi connectivity index (χ0v) is 11.3. The predicted molar refractivity (Wildman–Crippen MR) is 77.0 cm³/mol. The van der Waals surface area contributed by atoms with Crippen LogP contribution in [0.4, 0.5) is 5.82 Å². The van der Waals surface area contributed by atoms with Gasteiger partial charge in [0.2, 0.25) is 0 Å². The maximum absolute atomic E-state index is 6.23. The normalized spacial score (nSPS) is 12.2. The summed E-state index contributed by atoms with van der Waals surface area (Å²) >= 11 is 0. The average molecular weight is 257 g/mol. The molecule has 0 saturated heterocycles. The van der Waals surface area contributed by atoms with Crippen molar-refractivity contribution < 1.29 is 4.74 Å². The Kier molecular flexibility index (Phi) is 4.02. The van der Waals surface area contributed by atoms with Gasteiger partial charge in [-0.1, -0.05) is 12.1 Å². The molecule has 19 heavy (non-hydrogen) atoms. The molecule has 1 atom stereocenters. The minimum Gasteiger partial charge on any atom is -0.497 e. The van der Waals surface area contributed by atoms with Crippen LogP contribution in [0.15, 0.2) is 36.5 Å². The van der Waals surface area contributed by atoms with Gasteiger partial charge in [0, 0.05) is 17.8 Å². The highest BCUT2D eigenvalue weighted by atomic mass is 16.5. The molecule has 1 unspecified atom stereocenters. The number of aromatic nitrogens is 1. The molecule has 0 saturated carbocycles. The second-order valence-electron chi connectivity index (χ2n) is 4.65. The van der Waals surface area contributed by atoms with Crippen LogP contribution in [0.5, 0.6) is 5.75 Å². The van der Waals surface area contributed by atoms with Gasteiger partial charge in [-0.25, -0.2) is 4.98 Å². The Morgan fingerprint density at radius 2 is 2.11 bits per heavy atom. The molecule has 0 radical (unpaired) electrons. The molecule has 2 aromatic rings. The summed E-state index contributed by atoms with van der Waals surface area (Å²) in [5.74, 6) is 1.33. The van der Waals surface area contributed by atoms with Crippen molar-refractivity contribution in [2.45, 2.75) is 19.4 Å². The molecule has 4 N–H and O–H groups in total. The summed E-state index contributed by atoms with van der Waals surface area (Å²) in [7, 11) is 1.65. The molecule has 1 aromatic heterocycles.